The number of hydrogen-bond acceptors (Lipinski definition) is 1. The van der Waals surface area contributed by atoms with E-state index in [2.05, 4.69) is 229 Å². The van der Waals surface area contributed by atoms with Crippen molar-refractivity contribution < 1.29 is 0 Å². The molecule has 0 bridgehead atoms. The van der Waals surface area contributed by atoms with Crippen LogP contribution in [0.3, 0.4) is 0 Å². The summed E-state index contributed by atoms with van der Waals surface area (Å²) in [5.41, 5.74) is 10.6. The molecule has 11 aromatic rings. The molecule has 1 nitrogen and oxygen atoms in total. The van der Waals surface area contributed by atoms with Gasteiger partial charge < -0.3 is 4.90 Å². The molecule has 0 fully saturated rings. The van der Waals surface area contributed by atoms with Gasteiger partial charge in [0.2, 0.25) is 0 Å². The molecule has 0 radical (unpaired) electrons. The highest BCUT2D eigenvalue weighted by Crippen LogP contribution is 2.43. The van der Waals surface area contributed by atoms with Gasteiger partial charge in [-0.25, -0.2) is 0 Å². The maximum atomic E-state index is 2.41. The average Bonchev–Trinajstić information content (AvgIpc) is 3.29. The molecule has 11 aromatic carbocycles. The summed E-state index contributed by atoms with van der Waals surface area (Å²) in [7, 11) is 0. The van der Waals surface area contributed by atoms with Gasteiger partial charge in [-0.1, -0.05) is 182 Å². The summed E-state index contributed by atoms with van der Waals surface area (Å²) in [6, 6.07) is 82.0. The van der Waals surface area contributed by atoms with Crippen LogP contribution in [0.25, 0.3) is 87.2 Å². The van der Waals surface area contributed by atoms with Crippen LogP contribution in [0.4, 0.5) is 17.1 Å². The average molecular weight is 724 g/mol. The summed E-state index contributed by atoms with van der Waals surface area (Å²) < 4.78 is 0. The SMILES string of the molecule is c1ccc(-c2cccc3c(N(c4ccc(-c5ccc6c(ccc7ccccc76)c5)cc4)c4ccc(-c5cc6ccccc6c6ccccc56)cc4)cccc23)cc1. The van der Waals surface area contributed by atoms with E-state index in [9.17, 15) is 0 Å². The van der Waals surface area contributed by atoms with Crippen LogP contribution in [0, 0.1) is 0 Å². The summed E-state index contributed by atoms with van der Waals surface area (Å²) in [5.74, 6) is 0. The Morgan fingerprint density at radius 3 is 1.49 bits per heavy atom. The van der Waals surface area contributed by atoms with Crippen LogP contribution < -0.4 is 4.90 Å². The Balaban J connectivity index is 1.04. The third-order valence-electron chi connectivity index (χ3n) is 11.6. The molecule has 0 aliphatic carbocycles. The van der Waals surface area contributed by atoms with Crippen LogP contribution in [-0.4, -0.2) is 0 Å². The summed E-state index contributed by atoms with van der Waals surface area (Å²) >= 11 is 0. The Morgan fingerprint density at radius 2 is 0.719 bits per heavy atom. The number of benzene rings is 11. The van der Waals surface area contributed by atoms with E-state index in [1.165, 1.54) is 87.2 Å². The second-order valence-corrected chi connectivity index (χ2v) is 14.9. The first kappa shape index (κ1) is 32.9. The highest BCUT2D eigenvalue weighted by atomic mass is 15.1. The quantitative estimate of drug-likeness (QED) is 0.154. The Kier molecular flexibility index (Phi) is 7.89. The molecule has 11 rings (SSSR count). The minimum absolute atomic E-state index is 1.10. The molecule has 0 atom stereocenters. The lowest BCUT2D eigenvalue weighted by Gasteiger charge is -2.28. The zero-order valence-electron chi connectivity index (χ0n) is 31.3. The molecule has 57 heavy (non-hydrogen) atoms. The Labute approximate surface area is 332 Å². The number of hydrogen-bond donors (Lipinski definition) is 0. The van der Waals surface area contributed by atoms with E-state index in [1.807, 2.05) is 0 Å². The molecule has 0 spiro atoms. The second kappa shape index (κ2) is 13.7. The Hall–Kier alpha value is -7.48. The summed E-state index contributed by atoms with van der Waals surface area (Å²) in [4.78, 5) is 2.41. The number of anilines is 3. The lowest BCUT2D eigenvalue weighted by atomic mass is 9.93. The van der Waals surface area contributed by atoms with E-state index < -0.39 is 0 Å². The lowest BCUT2D eigenvalue weighted by Crippen LogP contribution is -2.10. The zero-order chi connectivity index (χ0) is 37.7. The maximum absolute atomic E-state index is 2.41. The van der Waals surface area contributed by atoms with Gasteiger partial charge in [-0.2, -0.15) is 0 Å². The van der Waals surface area contributed by atoms with Gasteiger partial charge in [-0.15, -0.1) is 0 Å². The van der Waals surface area contributed by atoms with Crippen molar-refractivity contribution in [3.63, 3.8) is 0 Å². The van der Waals surface area contributed by atoms with Crippen molar-refractivity contribution >= 4 is 70.9 Å². The number of nitrogens with zero attached hydrogens (tertiary/aromatic N) is 1. The standard InChI is InChI=1S/C56H37N/c1-2-12-39(13-3-1)48-20-10-22-54-52(48)21-11-23-56(54)57(45-31-26-38(27-32-45)42-30-35-50-44(36-42)25-24-40-14-4-6-16-47(40)50)46-33-28-41(29-34-46)55-37-43-15-5-7-17-49(43)51-18-8-9-19-53(51)55/h1-37H. The minimum atomic E-state index is 1.10. The molecule has 1 heteroatoms. The van der Waals surface area contributed by atoms with Crippen LogP contribution in [0.2, 0.25) is 0 Å². The fourth-order valence-corrected chi connectivity index (χ4v) is 8.86. The van der Waals surface area contributed by atoms with E-state index in [-0.39, 0.29) is 0 Å². The van der Waals surface area contributed by atoms with Crippen LogP contribution in [0.15, 0.2) is 224 Å². The number of rotatable bonds is 6. The molecule has 0 saturated heterocycles. The van der Waals surface area contributed by atoms with Crippen molar-refractivity contribution in [2.75, 3.05) is 4.90 Å². The smallest absolute Gasteiger partial charge is 0.0540 e. The van der Waals surface area contributed by atoms with Gasteiger partial charge in [0.25, 0.3) is 0 Å². The molecule has 266 valence electrons. The van der Waals surface area contributed by atoms with E-state index in [4.69, 9.17) is 0 Å². The minimum Gasteiger partial charge on any atom is -0.310 e. The summed E-state index contributed by atoms with van der Waals surface area (Å²) in [6.07, 6.45) is 0. The molecule has 0 saturated carbocycles. The fraction of sp³-hybridized carbons (Fsp3) is 0. The molecule has 0 unspecified atom stereocenters. The van der Waals surface area contributed by atoms with Crippen LogP contribution in [0.5, 0.6) is 0 Å². The molecule has 0 N–H and O–H groups in total. The van der Waals surface area contributed by atoms with Gasteiger partial charge in [0, 0.05) is 16.8 Å². The Morgan fingerprint density at radius 1 is 0.228 bits per heavy atom. The zero-order valence-corrected chi connectivity index (χ0v) is 31.3. The maximum Gasteiger partial charge on any atom is 0.0540 e. The highest BCUT2D eigenvalue weighted by molar-refractivity contribution is 6.14. The molecule has 0 heterocycles. The van der Waals surface area contributed by atoms with Gasteiger partial charge in [-0.05, 0) is 124 Å². The van der Waals surface area contributed by atoms with E-state index in [0.717, 1.165) is 17.1 Å². The fourth-order valence-electron chi connectivity index (χ4n) is 8.86. The van der Waals surface area contributed by atoms with Gasteiger partial charge >= 0.3 is 0 Å². The van der Waals surface area contributed by atoms with E-state index in [1.54, 1.807) is 0 Å². The lowest BCUT2D eigenvalue weighted by molar-refractivity contribution is 1.30. The predicted octanol–water partition coefficient (Wildman–Crippen LogP) is 15.9. The van der Waals surface area contributed by atoms with Crippen LogP contribution in [0.1, 0.15) is 0 Å². The highest BCUT2D eigenvalue weighted by Gasteiger charge is 2.18. The third-order valence-corrected chi connectivity index (χ3v) is 11.6. The normalized spacial score (nSPS) is 11.5. The molecule has 0 amide bonds. The van der Waals surface area contributed by atoms with Gasteiger partial charge in [-0.3, -0.25) is 0 Å². The molecular formula is C56H37N. The first-order valence-electron chi connectivity index (χ1n) is 19.7. The first-order chi connectivity index (χ1) is 28.3. The van der Waals surface area contributed by atoms with Crippen molar-refractivity contribution in [1.82, 2.24) is 0 Å². The molecule has 0 aliphatic rings. The summed E-state index contributed by atoms with van der Waals surface area (Å²) in [6.45, 7) is 0. The van der Waals surface area contributed by atoms with Gasteiger partial charge in [0.15, 0.2) is 0 Å². The van der Waals surface area contributed by atoms with Crippen molar-refractivity contribution in [1.29, 1.82) is 0 Å². The van der Waals surface area contributed by atoms with Crippen molar-refractivity contribution in [2.45, 2.75) is 0 Å². The van der Waals surface area contributed by atoms with Crippen molar-refractivity contribution in [3.8, 4) is 33.4 Å². The Bertz CT molecular complexity index is 3270. The van der Waals surface area contributed by atoms with Crippen molar-refractivity contribution in [3.05, 3.63) is 224 Å². The molecule has 0 aromatic heterocycles. The molecule has 0 aliphatic heterocycles. The predicted molar refractivity (Wildman–Crippen MR) is 245 cm³/mol. The van der Waals surface area contributed by atoms with E-state index >= 15 is 0 Å². The number of fused-ring (bicyclic) bond motifs is 7. The monoisotopic (exact) mass is 723 g/mol. The van der Waals surface area contributed by atoms with Crippen LogP contribution in [-0.2, 0) is 0 Å². The van der Waals surface area contributed by atoms with Crippen LogP contribution >= 0.6 is 0 Å². The third kappa shape index (κ3) is 5.72. The first-order valence-corrected chi connectivity index (χ1v) is 19.7. The van der Waals surface area contributed by atoms with E-state index in [0.29, 0.717) is 0 Å². The molecular weight excluding hydrogens is 687 g/mol. The van der Waals surface area contributed by atoms with Crippen molar-refractivity contribution in [2.24, 2.45) is 0 Å². The van der Waals surface area contributed by atoms with Gasteiger partial charge in [0.05, 0.1) is 5.69 Å². The topological polar surface area (TPSA) is 3.24 Å². The largest absolute Gasteiger partial charge is 0.310 e. The summed E-state index contributed by atoms with van der Waals surface area (Å²) in [5, 5.41) is 12.6. The van der Waals surface area contributed by atoms with Gasteiger partial charge in [0.1, 0.15) is 0 Å². The second-order valence-electron chi connectivity index (χ2n) is 14.9.